The average molecular weight is 253 g/mol. The average Bonchev–Trinajstić information content (AvgIpc) is 2.88. The molecule has 18 heavy (non-hydrogen) atoms. The van der Waals surface area contributed by atoms with Crippen molar-refractivity contribution >= 4 is 5.91 Å². The predicted molar refractivity (Wildman–Crippen MR) is 73.5 cm³/mol. The lowest BCUT2D eigenvalue weighted by Gasteiger charge is -2.31. The summed E-state index contributed by atoms with van der Waals surface area (Å²) in [6, 6.07) is 0.627. The Kier molecular flexibility index (Phi) is 5.01. The van der Waals surface area contributed by atoms with Crippen molar-refractivity contribution < 1.29 is 4.79 Å². The summed E-state index contributed by atoms with van der Waals surface area (Å²) in [6.45, 7) is 6.50. The summed E-state index contributed by atoms with van der Waals surface area (Å²) in [5.41, 5.74) is 0. The van der Waals surface area contributed by atoms with E-state index in [9.17, 15) is 4.79 Å². The standard InChI is InChI=1S/C14H27N3O/c1-3-12-4-5-13(10-12)16(2)11-14(18)17-8-6-15-7-9-17/h12-13,15H,3-11H2,1-2H3. The molecule has 0 aromatic rings. The number of hydrogen-bond donors (Lipinski definition) is 1. The minimum Gasteiger partial charge on any atom is -0.339 e. The Balaban J connectivity index is 1.76. The van der Waals surface area contributed by atoms with Gasteiger partial charge in [-0.25, -0.2) is 0 Å². The minimum atomic E-state index is 0.305. The molecule has 4 nitrogen and oxygen atoms in total. The molecule has 2 fully saturated rings. The highest BCUT2D eigenvalue weighted by Crippen LogP contribution is 2.30. The number of rotatable bonds is 4. The number of carbonyl (C=O) groups excluding carboxylic acids is 1. The number of nitrogens with zero attached hydrogens (tertiary/aromatic N) is 2. The molecule has 2 rings (SSSR count). The third-order valence-electron chi connectivity index (χ3n) is 4.57. The van der Waals surface area contributed by atoms with Crippen LogP contribution in [0.1, 0.15) is 32.6 Å². The molecule has 1 saturated carbocycles. The third kappa shape index (κ3) is 3.45. The van der Waals surface area contributed by atoms with E-state index in [2.05, 4.69) is 24.2 Å². The maximum Gasteiger partial charge on any atom is 0.236 e. The van der Waals surface area contributed by atoms with E-state index in [-0.39, 0.29) is 0 Å². The van der Waals surface area contributed by atoms with E-state index in [1.165, 1.54) is 25.7 Å². The predicted octanol–water partition coefficient (Wildman–Crippen LogP) is 0.929. The number of likely N-dealkylation sites (N-methyl/N-ethyl adjacent to an activating group) is 1. The van der Waals surface area contributed by atoms with Gasteiger partial charge >= 0.3 is 0 Å². The summed E-state index contributed by atoms with van der Waals surface area (Å²) in [7, 11) is 2.11. The second-order valence-corrected chi connectivity index (χ2v) is 5.79. The number of amides is 1. The molecule has 104 valence electrons. The zero-order valence-electron chi connectivity index (χ0n) is 11.8. The fraction of sp³-hybridized carbons (Fsp3) is 0.929. The Morgan fingerprint density at radius 2 is 2.06 bits per heavy atom. The molecule has 0 radical (unpaired) electrons. The van der Waals surface area contributed by atoms with Crippen LogP contribution in [0.2, 0.25) is 0 Å². The van der Waals surface area contributed by atoms with Crippen LogP contribution in [0.15, 0.2) is 0 Å². The zero-order valence-corrected chi connectivity index (χ0v) is 11.8. The Labute approximate surface area is 111 Å². The Bertz CT molecular complexity index is 276. The van der Waals surface area contributed by atoms with Crippen LogP contribution in [0.25, 0.3) is 0 Å². The summed E-state index contributed by atoms with van der Waals surface area (Å²) in [5.74, 6) is 1.19. The van der Waals surface area contributed by atoms with Gasteiger partial charge in [-0.15, -0.1) is 0 Å². The Morgan fingerprint density at radius 1 is 1.33 bits per heavy atom. The molecule has 0 spiro atoms. The molecule has 2 unspecified atom stereocenters. The highest BCUT2D eigenvalue weighted by molar-refractivity contribution is 5.78. The molecule has 2 aliphatic rings. The summed E-state index contributed by atoms with van der Waals surface area (Å²) in [4.78, 5) is 16.4. The second kappa shape index (κ2) is 6.53. The third-order valence-corrected chi connectivity index (χ3v) is 4.57. The van der Waals surface area contributed by atoms with Crippen LogP contribution in [0.3, 0.4) is 0 Å². The molecular formula is C14H27N3O. The van der Waals surface area contributed by atoms with Crippen LogP contribution >= 0.6 is 0 Å². The van der Waals surface area contributed by atoms with Crippen molar-refractivity contribution in [3.63, 3.8) is 0 Å². The lowest BCUT2D eigenvalue weighted by Crippen LogP contribution is -2.50. The fourth-order valence-electron chi connectivity index (χ4n) is 3.18. The molecule has 0 bridgehead atoms. The molecule has 1 amide bonds. The van der Waals surface area contributed by atoms with Crippen LogP contribution < -0.4 is 5.32 Å². The number of hydrogen-bond acceptors (Lipinski definition) is 3. The molecular weight excluding hydrogens is 226 g/mol. The molecule has 2 atom stereocenters. The topological polar surface area (TPSA) is 35.6 Å². The maximum atomic E-state index is 12.2. The summed E-state index contributed by atoms with van der Waals surface area (Å²) in [6.07, 6.45) is 5.18. The lowest BCUT2D eigenvalue weighted by atomic mass is 10.1. The SMILES string of the molecule is CCC1CCC(N(C)CC(=O)N2CCNCC2)C1. The van der Waals surface area contributed by atoms with E-state index < -0.39 is 0 Å². The molecule has 1 aliphatic heterocycles. The van der Waals surface area contributed by atoms with Crippen molar-refractivity contribution in [1.29, 1.82) is 0 Å². The molecule has 4 heteroatoms. The van der Waals surface area contributed by atoms with E-state index >= 15 is 0 Å². The van der Waals surface area contributed by atoms with Crippen molar-refractivity contribution in [2.75, 3.05) is 39.8 Å². The van der Waals surface area contributed by atoms with Gasteiger partial charge in [0.15, 0.2) is 0 Å². The van der Waals surface area contributed by atoms with Gasteiger partial charge < -0.3 is 10.2 Å². The first kappa shape index (κ1) is 13.8. The molecule has 1 heterocycles. The van der Waals surface area contributed by atoms with E-state index in [1.807, 2.05) is 4.90 Å². The summed E-state index contributed by atoms with van der Waals surface area (Å²) in [5, 5.41) is 3.28. The lowest BCUT2D eigenvalue weighted by molar-refractivity contribution is -0.133. The monoisotopic (exact) mass is 253 g/mol. The highest BCUT2D eigenvalue weighted by Gasteiger charge is 2.28. The van der Waals surface area contributed by atoms with Gasteiger partial charge in [-0.1, -0.05) is 13.3 Å². The van der Waals surface area contributed by atoms with E-state index in [0.717, 1.165) is 32.1 Å². The van der Waals surface area contributed by atoms with E-state index in [0.29, 0.717) is 18.5 Å². The van der Waals surface area contributed by atoms with Gasteiger partial charge in [-0.3, -0.25) is 9.69 Å². The van der Waals surface area contributed by atoms with Gasteiger partial charge in [-0.2, -0.15) is 0 Å². The molecule has 1 aliphatic carbocycles. The van der Waals surface area contributed by atoms with Crippen LogP contribution in [-0.2, 0) is 4.79 Å². The first-order chi connectivity index (χ1) is 8.70. The number of nitrogens with one attached hydrogen (secondary N) is 1. The largest absolute Gasteiger partial charge is 0.339 e. The molecule has 0 aromatic heterocycles. The van der Waals surface area contributed by atoms with Crippen LogP contribution in [-0.4, -0.2) is 61.5 Å². The van der Waals surface area contributed by atoms with Crippen molar-refractivity contribution in [2.45, 2.75) is 38.6 Å². The van der Waals surface area contributed by atoms with Gasteiger partial charge in [0.1, 0.15) is 0 Å². The van der Waals surface area contributed by atoms with Gasteiger partial charge in [0.2, 0.25) is 5.91 Å². The maximum absolute atomic E-state index is 12.2. The number of carbonyl (C=O) groups is 1. The van der Waals surface area contributed by atoms with E-state index in [1.54, 1.807) is 0 Å². The van der Waals surface area contributed by atoms with E-state index in [4.69, 9.17) is 0 Å². The molecule has 1 saturated heterocycles. The van der Waals surface area contributed by atoms with Crippen molar-refractivity contribution in [3.05, 3.63) is 0 Å². The number of piperazine rings is 1. The van der Waals surface area contributed by atoms with Crippen LogP contribution in [0, 0.1) is 5.92 Å². The normalized spacial score (nSPS) is 28.9. The smallest absolute Gasteiger partial charge is 0.236 e. The Morgan fingerprint density at radius 3 is 2.67 bits per heavy atom. The van der Waals surface area contributed by atoms with Gasteiger partial charge in [0, 0.05) is 32.2 Å². The highest BCUT2D eigenvalue weighted by atomic mass is 16.2. The minimum absolute atomic E-state index is 0.305. The van der Waals surface area contributed by atoms with Gasteiger partial charge in [0.25, 0.3) is 0 Å². The van der Waals surface area contributed by atoms with Crippen LogP contribution in [0.5, 0.6) is 0 Å². The quantitative estimate of drug-likeness (QED) is 0.809. The second-order valence-electron chi connectivity index (χ2n) is 5.79. The van der Waals surface area contributed by atoms with Crippen molar-refractivity contribution in [1.82, 2.24) is 15.1 Å². The molecule has 1 N–H and O–H groups in total. The Hall–Kier alpha value is -0.610. The van der Waals surface area contributed by atoms with Gasteiger partial charge in [0.05, 0.1) is 6.54 Å². The zero-order chi connectivity index (χ0) is 13.0. The van der Waals surface area contributed by atoms with Crippen LogP contribution in [0.4, 0.5) is 0 Å². The molecule has 0 aromatic carbocycles. The summed E-state index contributed by atoms with van der Waals surface area (Å²) < 4.78 is 0. The first-order valence-corrected chi connectivity index (χ1v) is 7.39. The van der Waals surface area contributed by atoms with Gasteiger partial charge in [-0.05, 0) is 32.2 Å². The van der Waals surface area contributed by atoms with Crippen molar-refractivity contribution in [2.24, 2.45) is 5.92 Å². The van der Waals surface area contributed by atoms with Crippen molar-refractivity contribution in [3.8, 4) is 0 Å². The summed E-state index contributed by atoms with van der Waals surface area (Å²) >= 11 is 0. The fourth-order valence-corrected chi connectivity index (χ4v) is 3.18. The first-order valence-electron chi connectivity index (χ1n) is 7.39.